The molecule has 1 saturated heterocycles. The minimum absolute atomic E-state index is 0.0385. The smallest absolute Gasteiger partial charge is 0.261 e. The lowest BCUT2D eigenvalue weighted by Gasteiger charge is -2.36. The van der Waals surface area contributed by atoms with Crippen LogP contribution >= 0.6 is 11.8 Å². The van der Waals surface area contributed by atoms with Crippen molar-refractivity contribution >= 4 is 39.1 Å². The van der Waals surface area contributed by atoms with Gasteiger partial charge in [0, 0.05) is 40.9 Å². The molecule has 4 aromatic carbocycles. The highest BCUT2D eigenvalue weighted by atomic mass is 32.2. The van der Waals surface area contributed by atoms with Gasteiger partial charge in [-0.1, -0.05) is 54.6 Å². The molecule has 1 fully saturated rings. The number of anilines is 2. The fourth-order valence-corrected chi connectivity index (χ4v) is 6.60. The van der Waals surface area contributed by atoms with E-state index < -0.39 is 16.3 Å². The van der Waals surface area contributed by atoms with Crippen molar-refractivity contribution < 1.29 is 27.8 Å². The van der Waals surface area contributed by atoms with E-state index in [1.54, 1.807) is 60.3 Å². The van der Waals surface area contributed by atoms with Gasteiger partial charge in [-0.25, -0.2) is 8.42 Å². The van der Waals surface area contributed by atoms with Crippen LogP contribution in [0.2, 0.25) is 0 Å². The van der Waals surface area contributed by atoms with E-state index in [0.29, 0.717) is 23.4 Å². The third-order valence-electron chi connectivity index (χ3n) is 6.69. The number of benzene rings is 4. The molecule has 42 heavy (non-hydrogen) atoms. The number of carbonyl (C=O) groups excluding carboxylic acids is 1. The number of rotatable bonds is 10. The minimum atomic E-state index is -3.76. The molecule has 0 aliphatic carbocycles. The summed E-state index contributed by atoms with van der Waals surface area (Å²) in [4.78, 5) is 12.5. The van der Waals surface area contributed by atoms with E-state index in [0.717, 1.165) is 21.7 Å². The number of nitrogens with one attached hydrogen (secondary N) is 2. The van der Waals surface area contributed by atoms with Crippen LogP contribution in [0.3, 0.4) is 0 Å². The van der Waals surface area contributed by atoms with Crippen LogP contribution in [0.4, 0.5) is 11.4 Å². The minimum Gasteiger partial charge on any atom is -0.392 e. The molecule has 218 valence electrons. The lowest BCUT2D eigenvalue weighted by Crippen LogP contribution is -2.31. The number of hydrogen-bond acceptors (Lipinski definition) is 7. The van der Waals surface area contributed by atoms with Gasteiger partial charge in [0.1, 0.15) is 0 Å². The number of hydrogen-bond donors (Lipinski definition) is 3. The molecule has 1 amide bonds. The molecule has 0 radical (unpaired) electrons. The highest BCUT2D eigenvalue weighted by Crippen LogP contribution is 2.40. The SMILES string of the molecule is CC(=O)Nc1ccc(SC[C@@H]2C[C@H](c3ccc(CO)cc3)OC(c3cccc(NS(=O)(=O)c4ccccc4)c3)O2)cc1. The molecule has 10 heteroatoms. The summed E-state index contributed by atoms with van der Waals surface area (Å²) >= 11 is 1.65. The second-order valence-corrected chi connectivity index (χ2v) is 12.7. The van der Waals surface area contributed by atoms with Crippen molar-refractivity contribution in [2.75, 3.05) is 15.8 Å². The quantitative estimate of drug-likeness (QED) is 0.183. The molecule has 8 nitrogen and oxygen atoms in total. The number of aliphatic hydroxyl groups is 1. The van der Waals surface area contributed by atoms with Gasteiger partial charge < -0.3 is 19.9 Å². The van der Waals surface area contributed by atoms with Crippen LogP contribution < -0.4 is 10.0 Å². The summed E-state index contributed by atoms with van der Waals surface area (Å²) in [5, 5.41) is 12.2. The molecular formula is C32H32N2O6S2. The first-order valence-corrected chi connectivity index (χ1v) is 15.9. The third-order valence-corrected chi connectivity index (χ3v) is 9.23. The second-order valence-electron chi connectivity index (χ2n) is 9.91. The van der Waals surface area contributed by atoms with E-state index in [-0.39, 0.29) is 29.6 Å². The van der Waals surface area contributed by atoms with Crippen molar-refractivity contribution in [3.63, 3.8) is 0 Å². The predicted octanol–water partition coefficient (Wildman–Crippen LogP) is 6.28. The van der Waals surface area contributed by atoms with E-state index in [1.807, 2.05) is 54.6 Å². The van der Waals surface area contributed by atoms with E-state index in [4.69, 9.17) is 9.47 Å². The number of ether oxygens (including phenoxy) is 2. The van der Waals surface area contributed by atoms with Gasteiger partial charge in [-0.2, -0.15) is 0 Å². The Morgan fingerprint density at radius 3 is 2.31 bits per heavy atom. The second kappa shape index (κ2) is 13.5. The van der Waals surface area contributed by atoms with Gasteiger partial charge >= 0.3 is 0 Å². The first-order chi connectivity index (χ1) is 20.3. The summed E-state index contributed by atoms with van der Waals surface area (Å²) < 4.78 is 41.3. The van der Waals surface area contributed by atoms with Gasteiger partial charge in [-0.3, -0.25) is 9.52 Å². The van der Waals surface area contributed by atoms with Gasteiger partial charge in [-0.15, -0.1) is 11.8 Å². The average molecular weight is 605 g/mol. The van der Waals surface area contributed by atoms with Crippen molar-refractivity contribution in [2.45, 2.75) is 48.2 Å². The topological polar surface area (TPSA) is 114 Å². The van der Waals surface area contributed by atoms with Crippen LogP contribution in [0.1, 0.15) is 42.4 Å². The summed E-state index contributed by atoms with van der Waals surface area (Å²) in [7, 11) is -3.76. The van der Waals surface area contributed by atoms with E-state index in [9.17, 15) is 18.3 Å². The average Bonchev–Trinajstić information content (AvgIpc) is 3.01. The fraction of sp³-hybridized carbons (Fsp3) is 0.219. The maximum absolute atomic E-state index is 12.9. The summed E-state index contributed by atoms with van der Waals surface area (Å²) in [5.41, 5.74) is 3.62. The summed E-state index contributed by atoms with van der Waals surface area (Å²) in [6.45, 7) is 1.44. The number of thioether (sulfide) groups is 1. The van der Waals surface area contributed by atoms with Crippen molar-refractivity contribution in [1.82, 2.24) is 0 Å². The molecule has 3 N–H and O–H groups in total. The number of carbonyl (C=O) groups is 1. The largest absolute Gasteiger partial charge is 0.392 e. The molecule has 0 aromatic heterocycles. The Bertz CT molecular complexity index is 1600. The Balaban J connectivity index is 1.34. The van der Waals surface area contributed by atoms with Crippen molar-refractivity contribution in [3.05, 3.63) is 120 Å². The monoisotopic (exact) mass is 604 g/mol. The molecule has 0 spiro atoms. The van der Waals surface area contributed by atoms with Gasteiger partial charge in [0.15, 0.2) is 6.29 Å². The maximum Gasteiger partial charge on any atom is 0.261 e. The van der Waals surface area contributed by atoms with Gasteiger partial charge in [0.05, 0.1) is 23.7 Å². The van der Waals surface area contributed by atoms with Crippen LogP contribution in [-0.2, 0) is 30.9 Å². The van der Waals surface area contributed by atoms with Crippen LogP contribution in [-0.4, -0.2) is 31.3 Å². The Morgan fingerprint density at radius 1 is 0.881 bits per heavy atom. The zero-order valence-corrected chi connectivity index (χ0v) is 24.6. The lowest BCUT2D eigenvalue weighted by atomic mass is 10.0. The first-order valence-electron chi connectivity index (χ1n) is 13.5. The van der Waals surface area contributed by atoms with E-state index >= 15 is 0 Å². The van der Waals surface area contributed by atoms with E-state index in [2.05, 4.69) is 10.0 Å². The lowest BCUT2D eigenvalue weighted by molar-refractivity contribution is -0.245. The van der Waals surface area contributed by atoms with Crippen LogP contribution in [0.5, 0.6) is 0 Å². The molecule has 1 aliphatic heterocycles. The number of sulfonamides is 1. The number of amides is 1. The molecule has 4 aromatic rings. The Morgan fingerprint density at radius 2 is 1.62 bits per heavy atom. The molecule has 0 saturated carbocycles. The van der Waals surface area contributed by atoms with Gasteiger partial charge in [-0.05, 0) is 59.7 Å². The Labute approximate surface area is 250 Å². The highest BCUT2D eigenvalue weighted by molar-refractivity contribution is 7.99. The van der Waals surface area contributed by atoms with Crippen molar-refractivity contribution in [1.29, 1.82) is 0 Å². The molecule has 5 rings (SSSR count). The normalized spacial score (nSPS) is 18.8. The van der Waals surface area contributed by atoms with E-state index in [1.165, 1.54) is 6.92 Å². The zero-order chi connectivity index (χ0) is 29.5. The molecule has 1 aliphatic rings. The molecule has 0 bridgehead atoms. The molecule has 3 atom stereocenters. The molecular weight excluding hydrogens is 572 g/mol. The van der Waals surface area contributed by atoms with Crippen LogP contribution in [0.15, 0.2) is 113 Å². The van der Waals surface area contributed by atoms with Crippen molar-refractivity contribution in [2.24, 2.45) is 0 Å². The zero-order valence-electron chi connectivity index (χ0n) is 23.0. The van der Waals surface area contributed by atoms with Gasteiger partial charge in [0.2, 0.25) is 5.91 Å². The van der Waals surface area contributed by atoms with Gasteiger partial charge in [0.25, 0.3) is 10.0 Å². The van der Waals surface area contributed by atoms with Crippen LogP contribution in [0.25, 0.3) is 0 Å². The Hall–Kier alpha value is -3.67. The number of aliphatic hydroxyl groups excluding tert-OH is 1. The summed E-state index contributed by atoms with van der Waals surface area (Å²) in [5.74, 6) is 0.539. The summed E-state index contributed by atoms with van der Waals surface area (Å²) in [6.07, 6.45) is -0.549. The third kappa shape index (κ3) is 7.78. The summed E-state index contributed by atoms with van der Waals surface area (Å²) in [6, 6.07) is 30.6. The molecule has 1 unspecified atom stereocenters. The molecule has 1 heterocycles. The highest BCUT2D eigenvalue weighted by Gasteiger charge is 2.32. The van der Waals surface area contributed by atoms with Crippen molar-refractivity contribution in [3.8, 4) is 0 Å². The Kier molecular flexibility index (Phi) is 9.61. The standard InChI is InChI=1S/C32H32N2O6S2/c1-22(36)33-26-14-16-29(17-15-26)41-21-28-19-31(24-12-10-23(20-35)11-13-24)40-32(39-28)25-6-5-7-27(18-25)34-42(37,38)30-8-3-2-4-9-30/h2-18,28,31-32,34-35H,19-21H2,1H3,(H,33,36)/t28-,31+,32?/m0/s1. The predicted molar refractivity (Wildman–Crippen MR) is 164 cm³/mol. The van der Waals surface area contributed by atoms with Crippen LogP contribution in [0, 0.1) is 0 Å². The fourth-order valence-electron chi connectivity index (χ4n) is 4.61. The first kappa shape index (κ1) is 29.8. The maximum atomic E-state index is 12.9.